The van der Waals surface area contributed by atoms with E-state index < -0.39 is 0 Å². The van der Waals surface area contributed by atoms with E-state index in [1.807, 2.05) is 4.90 Å². The van der Waals surface area contributed by atoms with E-state index in [1.165, 1.54) is 0 Å². The fourth-order valence-corrected chi connectivity index (χ4v) is 2.50. The van der Waals surface area contributed by atoms with E-state index in [9.17, 15) is 4.79 Å². The maximum Gasteiger partial charge on any atom is 0.228 e. The summed E-state index contributed by atoms with van der Waals surface area (Å²) in [7, 11) is 0. The summed E-state index contributed by atoms with van der Waals surface area (Å²) in [6.07, 6.45) is 2.01. The Balaban J connectivity index is 1.96. The highest BCUT2D eigenvalue weighted by Gasteiger charge is 2.32. The summed E-state index contributed by atoms with van der Waals surface area (Å²) in [5.41, 5.74) is 0. The molecule has 4 heteroatoms. The van der Waals surface area contributed by atoms with Crippen LogP contribution in [0.5, 0.6) is 0 Å². The Hall–Kier alpha value is -0.610. The van der Waals surface area contributed by atoms with Gasteiger partial charge < -0.3 is 15.0 Å². The average Bonchev–Trinajstić information content (AvgIpc) is 2.32. The predicted molar refractivity (Wildman–Crippen MR) is 62.2 cm³/mol. The lowest BCUT2D eigenvalue weighted by Gasteiger charge is -2.40. The molecule has 0 aromatic carbocycles. The van der Waals surface area contributed by atoms with Crippen LogP contribution in [-0.4, -0.2) is 49.2 Å². The molecule has 4 nitrogen and oxygen atoms in total. The number of hydrogen-bond acceptors (Lipinski definition) is 3. The average molecular weight is 226 g/mol. The molecular formula is C12H22N2O2. The van der Waals surface area contributed by atoms with Crippen molar-refractivity contribution in [3.05, 3.63) is 0 Å². The second-order valence-corrected chi connectivity index (χ2v) is 5.06. The third kappa shape index (κ3) is 2.55. The molecule has 0 aliphatic carbocycles. The van der Waals surface area contributed by atoms with Crippen LogP contribution in [0.1, 0.15) is 26.7 Å². The molecule has 0 bridgehead atoms. The van der Waals surface area contributed by atoms with Gasteiger partial charge in [-0.05, 0) is 26.7 Å². The highest BCUT2D eigenvalue weighted by molar-refractivity contribution is 5.79. The summed E-state index contributed by atoms with van der Waals surface area (Å²) < 4.78 is 5.39. The molecule has 0 aromatic rings. The van der Waals surface area contributed by atoms with Gasteiger partial charge >= 0.3 is 0 Å². The molecule has 2 heterocycles. The second-order valence-electron chi connectivity index (χ2n) is 5.06. The number of carbonyl (C=O) groups excluding carboxylic acids is 1. The van der Waals surface area contributed by atoms with Crippen molar-refractivity contribution in [2.75, 3.05) is 26.3 Å². The van der Waals surface area contributed by atoms with Crippen LogP contribution in [0.15, 0.2) is 0 Å². The summed E-state index contributed by atoms with van der Waals surface area (Å²) in [6.45, 7) is 7.40. The first-order valence-corrected chi connectivity index (χ1v) is 6.30. The molecule has 0 radical (unpaired) electrons. The second kappa shape index (κ2) is 5.15. The van der Waals surface area contributed by atoms with E-state index in [2.05, 4.69) is 19.2 Å². The SMILES string of the molecule is CC1CN(C(=O)C2CCCOC2)C(C)CN1. The number of nitrogens with zero attached hydrogens (tertiary/aromatic N) is 1. The van der Waals surface area contributed by atoms with Crippen LogP contribution in [0.4, 0.5) is 0 Å². The minimum atomic E-state index is 0.0986. The quantitative estimate of drug-likeness (QED) is 0.713. The van der Waals surface area contributed by atoms with E-state index in [0.29, 0.717) is 24.6 Å². The Bertz CT molecular complexity index is 251. The number of amides is 1. The predicted octanol–water partition coefficient (Wildman–Crippen LogP) is 0.622. The molecule has 2 fully saturated rings. The van der Waals surface area contributed by atoms with Gasteiger partial charge in [-0.25, -0.2) is 0 Å². The maximum atomic E-state index is 12.3. The van der Waals surface area contributed by atoms with Crippen LogP contribution in [0, 0.1) is 5.92 Å². The first-order valence-electron chi connectivity index (χ1n) is 6.30. The van der Waals surface area contributed by atoms with E-state index in [0.717, 1.165) is 32.5 Å². The molecule has 2 aliphatic heterocycles. The molecule has 2 saturated heterocycles. The fraction of sp³-hybridized carbons (Fsp3) is 0.917. The lowest BCUT2D eigenvalue weighted by molar-refractivity contribution is -0.143. The number of rotatable bonds is 1. The van der Waals surface area contributed by atoms with Crippen molar-refractivity contribution in [3.8, 4) is 0 Å². The summed E-state index contributed by atoms with van der Waals surface area (Å²) in [5.74, 6) is 0.391. The zero-order valence-corrected chi connectivity index (χ0v) is 10.2. The monoisotopic (exact) mass is 226 g/mol. The number of nitrogens with one attached hydrogen (secondary N) is 1. The van der Waals surface area contributed by atoms with Gasteiger partial charge in [0.15, 0.2) is 0 Å². The normalized spacial score (nSPS) is 36.1. The highest BCUT2D eigenvalue weighted by atomic mass is 16.5. The summed E-state index contributed by atoms with van der Waals surface area (Å²) in [5, 5.41) is 3.39. The van der Waals surface area contributed by atoms with Gasteiger partial charge in [0.2, 0.25) is 5.91 Å². The largest absolute Gasteiger partial charge is 0.381 e. The minimum Gasteiger partial charge on any atom is -0.381 e. The topological polar surface area (TPSA) is 41.6 Å². The van der Waals surface area contributed by atoms with E-state index in [1.54, 1.807) is 0 Å². The van der Waals surface area contributed by atoms with E-state index in [4.69, 9.17) is 4.74 Å². The van der Waals surface area contributed by atoms with Crippen LogP contribution in [-0.2, 0) is 9.53 Å². The van der Waals surface area contributed by atoms with Crippen molar-refractivity contribution in [3.63, 3.8) is 0 Å². The van der Waals surface area contributed by atoms with Crippen molar-refractivity contribution >= 4 is 5.91 Å². The van der Waals surface area contributed by atoms with Crippen molar-refractivity contribution in [1.82, 2.24) is 10.2 Å². The molecule has 92 valence electrons. The van der Waals surface area contributed by atoms with Gasteiger partial charge in [-0.2, -0.15) is 0 Å². The van der Waals surface area contributed by atoms with Crippen LogP contribution in [0.2, 0.25) is 0 Å². The molecule has 0 aromatic heterocycles. The maximum absolute atomic E-state index is 12.3. The standard InChI is InChI=1S/C12H22N2O2/c1-9-7-14(10(2)6-13-9)12(15)11-4-3-5-16-8-11/h9-11,13H,3-8H2,1-2H3. The Morgan fingerprint density at radius 2 is 2.25 bits per heavy atom. The molecule has 2 aliphatic rings. The van der Waals surface area contributed by atoms with Crippen LogP contribution in [0.3, 0.4) is 0 Å². The van der Waals surface area contributed by atoms with Gasteiger partial charge in [-0.1, -0.05) is 0 Å². The van der Waals surface area contributed by atoms with Gasteiger partial charge in [0, 0.05) is 31.8 Å². The van der Waals surface area contributed by atoms with E-state index in [-0.39, 0.29) is 5.92 Å². The Morgan fingerprint density at radius 1 is 1.44 bits per heavy atom. The molecule has 1 N–H and O–H groups in total. The van der Waals surface area contributed by atoms with E-state index >= 15 is 0 Å². The number of ether oxygens (including phenoxy) is 1. The highest BCUT2D eigenvalue weighted by Crippen LogP contribution is 2.19. The summed E-state index contributed by atoms with van der Waals surface area (Å²) in [6, 6.07) is 0.718. The molecule has 3 unspecified atom stereocenters. The molecule has 2 rings (SSSR count). The lowest BCUT2D eigenvalue weighted by Crippen LogP contribution is -2.58. The number of hydrogen-bond donors (Lipinski definition) is 1. The summed E-state index contributed by atoms with van der Waals surface area (Å²) in [4.78, 5) is 14.4. The molecule has 0 saturated carbocycles. The fourth-order valence-electron chi connectivity index (χ4n) is 2.50. The van der Waals surface area contributed by atoms with Gasteiger partial charge in [-0.3, -0.25) is 4.79 Å². The number of piperazine rings is 1. The number of carbonyl (C=O) groups is 1. The van der Waals surface area contributed by atoms with Crippen molar-refractivity contribution < 1.29 is 9.53 Å². The van der Waals surface area contributed by atoms with Gasteiger partial charge in [0.1, 0.15) is 0 Å². The smallest absolute Gasteiger partial charge is 0.228 e. The zero-order valence-electron chi connectivity index (χ0n) is 10.2. The van der Waals surface area contributed by atoms with Gasteiger partial charge in [0.05, 0.1) is 12.5 Å². The molecule has 3 atom stereocenters. The van der Waals surface area contributed by atoms with Crippen molar-refractivity contribution in [2.24, 2.45) is 5.92 Å². The Labute approximate surface area is 97.3 Å². The van der Waals surface area contributed by atoms with Gasteiger partial charge in [0.25, 0.3) is 0 Å². The molecular weight excluding hydrogens is 204 g/mol. The Kier molecular flexibility index (Phi) is 3.82. The molecule has 1 amide bonds. The first-order chi connectivity index (χ1) is 7.68. The third-order valence-electron chi connectivity index (χ3n) is 3.56. The Morgan fingerprint density at radius 3 is 2.94 bits per heavy atom. The van der Waals surface area contributed by atoms with Crippen molar-refractivity contribution in [1.29, 1.82) is 0 Å². The third-order valence-corrected chi connectivity index (χ3v) is 3.56. The molecule has 0 spiro atoms. The summed E-state index contributed by atoms with van der Waals surface area (Å²) >= 11 is 0. The van der Waals surface area contributed by atoms with Crippen molar-refractivity contribution in [2.45, 2.75) is 38.8 Å². The van der Waals surface area contributed by atoms with Gasteiger partial charge in [-0.15, -0.1) is 0 Å². The zero-order chi connectivity index (χ0) is 11.5. The van der Waals surface area contributed by atoms with Crippen LogP contribution in [0.25, 0.3) is 0 Å². The minimum absolute atomic E-state index is 0.0986. The van der Waals surface area contributed by atoms with Crippen LogP contribution < -0.4 is 5.32 Å². The molecule has 16 heavy (non-hydrogen) atoms. The lowest BCUT2D eigenvalue weighted by atomic mass is 9.98. The van der Waals surface area contributed by atoms with Crippen LogP contribution >= 0.6 is 0 Å². The first kappa shape index (κ1) is 11.9.